The summed E-state index contributed by atoms with van der Waals surface area (Å²) in [4.78, 5) is 31.0. The number of anilines is 1. The molecule has 0 aromatic heterocycles. The minimum atomic E-state index is -0.396. The Morgan fingerprint density at radius 2 is 1.85 bits per heavy atom. The quantitative estimate of drug-likeness (QED) is 0.829. The van der Waals surface area contributed by atoms with E-state index in [1.165, 1.54) is 11.3 Å². The molecule has 1 unspecified atom stereocenters. The molecule has 6 nitrogen and oxygen atoms in total. The number of aryl methyl sites for hydroxylation is 1. The normalized spacial score (nSPS) is 21.0. The Labute approximate surface area is 155 Å². The topological polar surface area (TPSA) is 64.1 Å². The van der Waals surface area contributed by atoms with Gasteiger partial charge in [0.1, 0.15) is 0 Å². The van der Waals surface area contributed by atoms with Crippen molar-refractivity contribution in [2.45, 2.75) is 38.6 Å². The van der Waals surface area contributed by atoms with Gasteiger partial charge in [-0.1, -0.05) is 12.1 Å². The molecule has 2 aliphatic rings. The Morgan fingerprint density at radius 3 is 2.54 bits per heavy atom. The predicted molar refractivity (Wildman–Crippen MR) is 101 cm³/mol. The van der Waals surface area contributed by atoms with Crippen molar-refractivity contribution < 1.29 is 14.7 Å². The van der Waals surface area contributed by atoms with Gasteiger partial charge < -0.3 is 19.8 Å². The van der Waals surface area contributed by atoms with Gasteiger partial charge in [0.15, 0.2) is 0 Å². The highest BCUT2D eigenvalue weighted by Crippen LogP contribution is 2.21. The van der Waals surface area contributed by atoms with Crippen molar-refractivity contribution in [3.05, 3.63) is 29.8 Å². The Bertz CT molecular complexity index is 639. The van der Waals surface area contributed by atoms with Crippen molar-refractivity contribution in [3.63, 3.8) is 0 Å². The molecule has 0 spiro atoms. The summed E-state index contributed by atoms with van der Waals surface area (Å²) < 4.78 is 0. The smallest absolute Gasteiger partial charge is 0.312 e. The molecule has 1 N–H and O–H groups in total. The van der Waals surface area contributed by atoms with Crippen LogP contribution in [-0.4, -0.2) is 72.1 Å². The Kier molecular flexibility index (Phi) is 6.14. The Balaban J connectivity index is 1.58. The maximum absolute atomic E-state index is 12.7. The zero-order chi connectivity index (χ0) is 18.5. The summed E-state index contributed by atoms with van der Waals surface area (Å²) in [5.41, 5.74) is 2.39. The fourth-order valence-corrected chi connectivity index (χ4v) is 3.97. The van der Waals surface area contributed by atoms with Crippen LogP contribution in [0.4, 0.5) is 5.69 Å². The van der Waals surface area contributed by atoms with Gasteiger partial charge in [-0.3, -0.25) is 9.59 Å². The van der Waals surface area contributed by atoms with Crippen LogP contribution in [0.1, 0.15) is 31.2 Å². The van der Waals surface area contributed by atoms with E-state index in [1.54, 1.807) is 9.80 Å². The lowest BCUT2D eigenvalue weighted by Gasteiger charge is -2.39. The van der Waals surface area contributed by atoms with Crippen LogP contribution in [-0.2, 0) is 9.59 Å². The van der Waals surface area contributed by atoms with Crippen LogP contribution >= 0.6 is 0 Å². The first-order chi connectivity index (χ1) is 12.6. The second-order valence-corrected chi connectivity index (χ2v) is 7.28. The number of hydrogen-bond acceptors (Lipinski definition) is 4. The number of carbonyl (C=O) groups is 2. The molecule has 2 heterocycles. The van der Waals surface area contributed by atoms with Gasteiger partial charge >= 0.3 is 11.8 Å². The van der Waals surface area contributed by atoms with E-state index < -0.39 is 11.8 Å². The molecule has 0 radical (unpaired) electrons. The van der Waals surface area contributed by atoms with Crippen molar-refractivity contribution in [3.8, 4) is 0 Å². The Morgan fingerprint density at radius 1 is 1.08 bits per heavy atom. The van der Waals surface area contributed by atoms with E-state index in [0.717, 1.165) is 32.4 Å². The average molecular weight is 359 g/mol. The number of nitrogens with zero attached hydrogens (tertiary/aromatic N) is 3. The fraction of sp³-hybridized carbons (Fsp3) is 0.600. The van der Waals surface area contributed by atoms with Crippen LogP contribution in [0.5, 0.6) is 0 Å². The zero-order valence-corrected chi connectivity index (χ0v) is 15.6. The van der Waals surface area contributed by atoms with Gasteiger partial charge in [-0.15, -0.1) is 0 Å². The van der Waals surface area contributed by atoms with Crippen LogP contribution < -0.4 is 4.90 Å². The van der Waals surface area contributed by atoms with Gasteiger partial charge in [-0.25, -0.2) is 0 Å². The minimum Gasteiger partial charge on any atom is -0.396 e. The molecule has 2 aliphatic heterocycles. The molecule has 6 heteroatoms. The van der Waals surface area contributed by atoms with Crippen molar-refractivity contribution in [2.75, 3.05) is 44.2 Å². The monoisotopic (exact) mass is 359 g/mol. The van der Waals surface area contributed by atoms with E-state index in [0.29, 0.717) is 26.1 Å². The maximum Gasteiger partial charge on any atom is 0.312 e. The minimum absolute atomic E-state index is 0.00113. The van der Waals surface area contributed by atoms with Gasteiger partial charge in [0.25, 0.3) is 0 Å². The SMILES string of the molecule is Cc1cccc(N2CCN(C(=O)C(=O)N3CCCCC3CCO)CC2)c1. The number of amides is 2. The van der Waals surface area contributed by atoms with Crippen LogP contribution in [0.15, 0.2) is 24.3 Å². The standard InChI is InChI=1S/C20H29N3O3/c1-16-5-4-7-18(15-16)21-10-12-22(13-11-21)19(25)20(26)23-9-3-2-6-17(23)8-14-24/h4-5,7,15,17,24H,2-3,6,8-14H2,1H3. The van der Waals surface area contributed by atoms with E-state index in [4.69, 9.17) is 0 Å². The third kappa shape index (κ3) is 4.18. The van der Waals surface area contributed by atoms with E-state index in [9.17, 15) is 14.7 Å². The third-order valence-corrected chi connectivity index (χ3v) is 5.47. The van der Waals surface area contributed by atoms with Gasteiger partial charge in [0.2, 0.25) is 0 Å². The summed E-state index contributed by atoms with van der Waals surface area (Å²) in [6, 6.07) is 8.35. The molecule has 3 rings (SSSR count). The van der Waals surface area contributed by atoms with Crippen molar-refractivity contribution in [2.24, 2.45) is 0 Å². The second-order valence-electron chi connectivity index (χ2n) is 7.28. The van der Waals surface area contributed by atoms with Crippen LogP contribution in [0.2, 0.25) is 0 Å². The summed E-state index contributed by atoms with van der Waals surface area (Å²) in [6.45, 7) is 5.36. The molecule has 142 valence electrons. The van der Waals surface area contributed by atoms with Crippen molar-refractivity contribution >= 4 is 17.5 Å². The zero-order valence-electron chi connectivity index (χ0n) is 15.6. The molecule has 0 bridgehead atoms. The van der Waals surface area contributed by atoms with Crippen molar-refractivity contribution in [1.82, 2.24) is 9.80 Å². The van der Waals surface area contributed by atoms with E-state index in [2.05, 4.69) is 30.0 Å². The predicted octanol–water partition coefficient (Wildman–Crippen LogP) is 1.41. The molecular weight excluding hydrogens is 330 g/mol. The molecule has 2 amide bonds. The number of benzene rings is 1. The molecular formula is C20H29N3O3. The number of rotatable bonds is 3. The van der Waals surface area contributed by atoms with Crippen LogP contribution in [0.3, 0.4) is 0 Å². The number of aliphatic hydroxyl groups is 1. The largest absolute Gasteiger partial charge is 0.396 e. The number of hydrogen-bond donors (Lipinski definition) is 1. The summed E-state index contributed by atoms with van der Waals surface area (Å²) in [5, 5.41) is 9.22. The summed E-state index contributed by atoms with van der Waals surface area (Å²) in [6.07, 6.45) is 3.42. The molecule has 1 aromatic rings. The number of piperidine rings is 1. The van der Waals surface area contributed by atoms with Crippen LogP contribution in [0.25, 0.3) is 0 Å². The lowest BCUT2D eigenvalue weighted by atomic mass is 9.99. The number of aliphatic hydroxyl groups excluding tert-OH is 1. The van der Waals surface area contributed by atoms with Crippen molar-refractivity contribution in [1.29, 1.82) is 0 Å². The van der Waals surface area contributed by atoms with E-state index in [-0.39, 0.29) is 12.6 Å². The number of carbonyl (C=O) groups excluding carboxylic acids is 2. The number of piperazine rings is 1. The maximum atomic E-state index is 12.7. The molecule has 0 aliphatic carbocycles. The lowest BCUT2D eigenvalue weighted by molar-refractivity contribution is -0.154. The molecule has 2 saturated heterocycles. The van der Waals surface area contributed by atoms with Gasteiger partial charge in [-0.2, -0.15) is 0 Å². The Hall–Kier alpha value is -2.08. The lowest BCUT2D eigenvalue weighted by Crippen LogP contribution is -2.55. The summed E-state index contributed by atoms with van der Waals surface area (Å²) in [7, 11) is 0. The first-order valence-corrected chi connectivity index (χ1v) is 9.62. The fourth-order valence-electron chi connectivity index (χ4n) is 3.97. The molecule has 0 saturated carbocycles. The summed E-state index contributed by atoms with van der Waals surface area (Å²) in [5.74, 6) is -0.786. The molecule has 2 fully saturated rings. The highest BCUT2D eigenvalue weighted by Gasteiger charge is 2.34. The molecule has 1 aromatic carbocycles. The van der Waals surface area contributed by atoms with Gasteiger partial charge in [0.05, 0.1) is 0 Å². The summed E-state index contributed by atoms with van der Waals surface area (Å²) >= 11 is 0. The molecule has 1 atom stereocenters. The number of likely N-dealkylation sites (tertiary alicyclic amines) is 1. The first-order valence-electron chi connectivity index (χ1n) is 9.62. The highest BCUT2D eigenvalue weighted by molar-refractivity contribution is 6.35. The van der Waals surface area contributed by atoms with Gasteiger partial charge in [-0.05, 0) is 50.3 Å². The molecule has 26 heavy (non-hydrogen) atoms. The van der Waals surface area contributed by atoms with E-state index >= 15 is 0 Å². The highest BCUT2D eigenvalue weighted by atomic mass is 16.3. The third-order valence-electron chi connectivity index (χ3n) is 5.47. The van der Waals surface area contributed by atoms with Crippen LogP contribution in [0, 0.1) is 6.92 Å². The van der Waals surface area contributed by atoms with Gasteiger partial charge in [0, 0.05) is 51.1 Å². The first kappa shape index (κ1) is 18.7. The second kappa shape index (κ2) is 8.54. The van der Waals surface area contributed by atoms with E-state index in [1.807, 2.05) is 6.07 Å². The average Bonchev–Trinajstić information content (AvgIpc) is 2.68.